The second-order valence-electron chi connectivity index (χ2n) is 6.52. The molecule has 2 aromatic rings. The third kappa shape index (κ3) is 3.61. The van der Waals surface area contributed by atoms with Crippen LogP contribution in [0, 0.1) is 5.92 Å². The van der Waals surface area contributed by atoms with Gasteiger partial charge in [0.25, 0.3) is 5.91 Å². The van der Waals surface area contributed by atoms with Gasteiger partial charge in [-0.05, 0) is 49.8 Å². The molecule has 1 atom stereocenters. The molecule has 0 saturated heterocycles. The number of rotatable bonds is 6. The molecule has 0 bridgehead atoms. The van der Waals surface area contributed by atoms with Gasteiger partial charge in [0.1, 0.15) is 11.3 Å². The van der Waals surface area contributed by atoms with Crippen LogP contribution in [0.3, 0.4) is 0 Å². The Morgan fingerprint density at radius 3 is 2.79 bits per heavy atom. The van der Waals surface area contributed by atoms with Crippen LogP contribution < -0.4 is 10.4 Å². The zero-order valence-corrected chi connectivity index (χ0v) is 14.4. The van der Waals surface area contributed by atoms with Crippen LogP contribution in [0.15, 0.2) is 33.5 Å². The van der Waals surface area contributed by atoms with Gasteiger partial charge in [-0.1, -0.05) is 6.92 Å². The highest BCUT2D eigenvalue weighted by atomic mass is 16.5. The molecule has 1 saturated carbocycles. The Bertz CT molecular complexity index is 807. The molecular weight excluding hydrogens is 306 g/mol. The Labute approximate surface area is 141 Å². The van der Waals surface area contributed by atoms with Crippen molar-refractivity contribution in [2.75, 3.05) is 13.6 Å². The Balaban J connectivity index is 1.76. The monoisotopic (exact) mass is 329 g/mol. The first-order valence-electron chi connectivity index (χ1n) is 8.46. The molecule has 1 unspecified atom stereocenters. The first-order valence-corrected chi connectivity index (χ1v) is 8.46. The molecule has 0 N–H and O–H groups in total. The lowest BCUT2D eigenvalue weighted by Crippen LogP contribution is -2.39. The first kappa shape index (κ1) is 16.6. The molecule has 0 spiro atoms. The fourth-order valence-electron chi connectivity index (χ4n) is 2.92. The summed E-state index contributed by atoms with van der Waals surface area (Å²) in [4.78, 5) is 25.7. The van der Waals surface area contributed by atoms with Gasteiger partial charge in [0.15, 0.2) is 6.10 Å². The van der Waals surface area contributed by atoms with Crippen molar-refractivity contribution in [2.45, 2.75) is 39.2 Å². The van der Waals surface area contributed by atoms with Crippen LogP contribution in [0.25, 0.3) is 11.0 Å². The van der Waals surface area contributed by atoms with Crippen LogP contribution in [0.2, 0.25) is 0 Å². The van der Waals surface area contributed by atoms with E-state index in [1.165, 1.54) is 18.9 Å². The summed E-state index contributed by atoms with van der Waals surface area (Å²) < 4.78 is 11.0. The van der Waals surface area contributed by atoms with Gasteiger partial charge in [0.2, 0.25) is 0 Å². The van der Waals surface area contributed by atoms with Crippen molar-refractivity contribution >= 4 is 16.9 Å². The van der Waals surface area contributed by atoms with E-state index in [2.05, 4.69) is 0 Å². The van der Waals surface area contributed by atoms with E-state index in [1.807, 2.05) is 26.1 Å². The molecule has 24 heavy (non-hydrogen) atoms. The maximum atomic E-state index is 12.4. The molecule has 1 aromatic heterocycles. The van der Waals surface area contributed by atoms with Crippen LogP contribution in [0.4, 0.5) is 0 Å². The molecule has 0 radical (unpaired) electrons. The minimum Gasteiger partial charge on any atom is -0.481 e. The molecule has 0 aliphatic heterocycles. The smallest absolute Gasteiger partial charge is 0.336 e. The zero-order chi connectivity index (χ0) is 17.3. The third-order valence-electron chi connectivity index (χ3n) is 4.45. The van der Waals surface area contributed by atoms with Gasteiger partial charge in [-0.3, -0.25) is 4.79 Å². The van der Waals surface area contributed by atoms with E-state index in [1.54, 1.807) is 17.9 Å². The van der Waals surface area contributed by atoms with Crippen molar-refractivity contribution in [2.24, 2.45) is 5.92 Å². The number of hydrogen-bond acceptors (Lipinski definition) is 4. The van der Waals surface area contributed by atoms with Gasteiger partial charge < -0.3 is 14.1 Å². The summed E-state index contributed by atoms with van der Waals surface area (Å²) in [6.07, 6.45) is 2.59. The molecule has 1 aromatic carbocycles. The van der Waals surface area contributed by atoms with E-state index in [9.17, 15) is 9.59 Å². The largest absolute Gasteiger partial charge is 0.481 e. The Morgan fingerprint density at radius 1 is 1.38 bits per heavy atom. The van der Waals surface area contributed by atoms with Gasteiger partial charge in [0, 0.05) is 31.1 Å². The second kappa shape index (κ2) is 6.67. The lowest BCUT2D eigenvalue weighted by Gasteiger charge is -2.22. The van der Waals surface area contributed by atoms with E-state index in [-0.39, 0.29) is 11.5 Å². The summed E-state index contributed by atoms with van der Waals surface area (Å²) in [5.41, 5.74) is 1.06. The number of likely N-dealkylation sites (N-methyl/N-ethyl adjacent to an activating group) is 1. The lowest BCUT2D eigenvalue weighted by molar-refractivity contribution is -0.136. The van der Waals surface area contributed by atoms with Crippen molar-refractivity contribution < 1.29 is 13.9 Å². The van der Waals surface area contributed by atoms with Gasteiger partial charge >= 0.3 is 5.63 Å². The molecule has 3 rings (SSSR count). The maximum Gasteiger partial charge on any atom is 0.336 e. The van der Waals surface area contributed by atoms with Crippen molar-refractivity contribution in [3.05, 3.63) is 40.2 Å². The number of nitrogens with zero attached hydrogens (tertiary/aromatic N) is 1. The number of fused-ring (bicyclic) bond motifs is 1. The number of aryl methyl sites for hydroxylation is 1. The Morgan fingerprint density at radius 2 is 2.12 bits per heavy atom. The first-order chi connectivity index (χ1) is 11.5. The van der Waals surface area contributed by atoms with E-state index in [4.69, 9.17) is 9.15 Å². The summed E-state index contributed by atoms with van der Waals surface area (Å²) in [5, 5.41) is 0.897. The van der Waals surface area contributed by atoms with Gasteiger partial charge in [-0.15, -0.1) is 0 Å². The van der Waals surface area contributed by atoms with Crippen molar-refractivity contribution in [1.82, 2.24) is 4.90 Å². The van der Waals surface area contributed by atoms with Gasteiger partial charge in [-0.25, -0.2) is 4.79 Å². The molecule has 1 amide bonds. The Hall–Kier alpha value is -2.30. The van der Waals surface area contributed by atoms with E-state index in [0.29, 0.717) is 17.3 Å². The second-order valence-corrected chi connectivity index (χ2v) is 6.52. The fraction of sp³-hybridized carbons (Fsp3) is 0.474. The number of hydrogen-bond donors (Lipinski definition) is 0. The standard InChI is InChI=1S/C19H23NO4/c1-4-14-9-18(21)24-17-10-15(7-8-16(14)17)23-12(2)19(22)20(3)11-13-5-6-13/h7-10,12-13H,4-6,11H2,1-3H3. The molecule has 1 fully saturated rings. The Kier molecular flexibility index (Phi) is 4.60. The maximum absolute atomic E-state index is 12.4. The normalized spacial score (nSPS) is 15.3. The van der Waals surface area contributed by atoms with Crippen LogP contribution in [0.5, 0.6) is 5.75 Å². The minimum absolute atomic E-state index is 0.0363. The van der Waals surface area contributed by atoms with Crippen molar-refractivity contribution in [1.29, 1.82) is 0 Å². The van der Waals surface area contributed by atoms with Gasteiger partial charge in [0.05, 0.1) is 0 Å². The minimum atomic E-state index is -0.577. The molecule has 5 nitrogen and oxygen atoms in total. The lowest BCUT2D eigenvalue weighted by atomic mass is 10.1. The summed E-state index contributed by atoms with van der Waals surface area (Å²) in [6.45, 7) is 4.53. The average molecular weight is 329 g/mol. The molecular formula is C19H23NO4. The topological polar surface area (TPSA) is 59.8 Å². The quantitative estimate of drug-likeness (QED) is 0.765. The zero-order valence-electron chi connectivity index (χ0n) is 14.4. The van der Waals surface area contributed by atoms with Crippen LogP contribution in [-0.4, -0.2) is 30.5 Å². The highest BCUT2D eigenvalue weighted by molar-refractivity contribution is 5.83. The van der Waals surface area contributed by atoms with Crippen LogP contribution in [0.1, 0.15) is 32.3 Å². The van der Waals surface area contributed by atoms with E-state index < -0.39 is 6.10 Å². The molecule has 1 heterocycles. The SMILES string of the molecule is CCc1cc(=O)oc2cc(OC(C)C(=O)N(C)CC3CC3)ccc12. The number of benzene rings is 1. The summed E-state index contributed by atoms with van der Waals surface area (Å²) in [6, 6.07) is 6.88. The molecule has 1 aliphatic carbocycles. The molecule has 5 heteroatoms. The predicted molar refractivity (Wildman–Crippen MR) is 92.3 cm³/mol. The van der Waals surface area contributed by atoms with Crippen LogP contribution in [-0.2, 0) is 11.2 Å². The highest BCUT2D eigenvalue weighted by Crippen LogP contribution is 2.29. The summed E-state index contributed by atoms with van der Waals surface area (Å²) >= 11 is 0. The number of carbonyl (C=O) groups excluding carboxylic acids is 1. The molecule has 1 aliphatic rings. The number of ether oxygens (including phenoxy) is 1. The summed E-state index contributed by atoms with van der Waals surface area (Å²) in [5.74, 6) is 1.14. The number of carbonyl (C=O) groups is 1. The van der Waals surface area contributed by atoms with Crippen molar-refractivity contribution in [3.8, 4) is 5.75 Å². The average Bonchev–Trinajstić information content (AvgIpc) is 3.36. The van der Waals surface area contributed by atoms with E-state index in [0.717, 1.165) is 23.9 Å². The fourth-order valence-corrected chi connectivity index (χ4v) is 2.92. The van der Waals surface area contributed by atoms with Crippen LogP contribution >= 0.6 is 0 Å². The van der Waals surface area contributed by atoms with E-state index >= 15 is 0 Å². The van der Waals surface area contributed by atoms with Crippen molar-refractivity contribution in [3.63, 3.8) is 0 Å². The summed E-state index contributed by atoms with van der Waals surface area (Å²) in [7, 11) is 1.81. The highest BCUT2D eigenvalue weighted by Gasteiger charge is 2.27. The predicted octanol–water partition coefficient (Wildman–Crippen LogP) is 2.99. The number of amides is 1. The third-order valence-corrected chi connectivity index (χ3v) is 4.45. The van der Waals surface area contributed by atoms with Gasteiger partial charge in [-0.2, -0.15) is 0 Å². The molecule has 128 valence electrons.